The number of hydrazine groups is 1. The number of nitro benzene ring substituents is 1. The Labute approximate surface area is 136 Å². The molecule has 7 nitrogen and oxygen atoms in total. The number of carbonyl (C=O) groups is 2. The minimum absolute atomic E-state index is 0.0177. The molecule has 0 aromatic heterocycles. The van der Waals surface area contributed by atoms with Crippen LogP contribution in [-0.4, -0.2) is 16.7 Å². The molecule has 2 aromatic carbocycles. The molecule has 2 N–H and O–H groups in total. The normalized spacial score (nSPS) is 10.0. The van der Waals surface area contributed by atoms with Crippen LogP contribution in [0.5, 0.6) is 0 Å². The molecule has 0 radical (unpaired) electrons. The van der Waals surface area contributed by atoms with Crippen LogP contribution in [0, 0.1) is 15.9 Å². The summed E-state index contributed by atoms with van der Waals surface area (Å²) in [4.78, 5) is 33.6. The van der Waals surface area contributed by atoms with Gasteiger partial charge in [0.1, 0.15) is 5.82 Å². The van der Waals surface area contributed by atoms with Crippen LogP contribution in [-0.2, 0) is 11.2 Å². The van der Waals surface area contributed by atoms with Crippen molar-refractivity contribution in [3.63, 3.8) is 0 Å². The molecule has 2 rings (SSSR count). The van der Waals surface area contributed by atoms with Crippen LogP contribution in [0.3, 0.4) is 0 Å². The van der Waals surface area contributed by atoms with Crippen molar-refractivity contribution in [3.8, 4) is 0 Å². The SMILES string of the molecule is O=C(CCc1ccccc1F)NNC(=O)c1cccc([N+](=O)[O-])c1. The Bertz CT molecular complexity index is 779. The largest absolute Gasteiger partial charge is 0.273 e. The highest BCUT2D eigenvalue weighted by Crippen LogP contribution is 2.12. The van der Waals surface area contributed by atoms with E-state index in [4.69, 9.17) is 0 Å². The number of benzene rings is 2. The third-order valence-corrected chi connectivity index (χ3v) is 3.21. The van der Waals surface area contributed by atoms with E-state index in [0.29, 0.717) is 5.56 Å². The zero-order valence-electron chi connectivity index (χ0n) is 12.5. The summed E-state index contributed by atoms with van der Waals surface area (Å²) in [5.74, 6) is -1.58. The second-order valence-electron chi connectivity index (χ2n) is 4.90. The van der Waals surface area contributed by atoms with E-state index in [1.54, 1.807) is 18.2 Å². The first kappa shape index (κ1) is 17.1. The topological polar surface area (TPSA) is 101 Å². The first-order chi connectivity index (χ1) is 11.5. The molecule has 0 saturated heterocycles. The van der Waals surface area contributed by atoms with Gasteiger partial charge in [-0.25, -0.2) is 4.39 Å². The Morgan fingerprint density at radius 1 is 1.08 bits per heavy atom. The number of halogens is 1. The summed E-state index contributed by atoms with van der Waals surface area (Å²) in [6, 6.07) is 11.2. The summed E-state index contributed by atoms with van der Waals surface area (Å²) >= 11 is 0. The Hall–Kier alpha value is -3.29. The average molecular weight is 331 g/mol. The maximum atomic E-state index is 13.4. The van der Waals surface area contributed by atoms with Crippen LogP contribution in [0.2, 0.25) is 0 Å². The van der Waals surface area contributed by atoms with E-state index in [0.717, 1.165) is 6.07 Å². The molecule has 0 aliphatic carbocycles. The monoisotopic (exact) mass is 331 g/mol. The lowest BCUT2D eigenvalue weighted by Crippen LogP contribution is -2.41. The number of amides is 2. The lowest BCUT2D eigenvalue weighted by atomic mass is 10.1. The summed E-state index contributed by atoms with van der Waals surface area (Å²) in [6.45, 7) is 0. The van der Waals surface area contributed by atoms with Gasteiger partial charge in [0.05, 0.1) is 4.92 Å². The van der Waals surface area contributed by atoms with E-state index in [9.17, 15) is 24.1 Å². The van der Waals surface area contributed by atoms with E-state index in [2.05, 4.69) is 10.9 Å². The van der Waals surface area contributed by atoms with Gasteiger partial charge in [0, 0.05) is 24.1 Å². The predicted molar refractivity (Wildman–Crippen MR) is 83.4 cm³/mol. The van der Waals surface area contributed by atoms with E-state index in [1.165, 1.54) is 24.3 Å². The van der Waals surface area contributed by atoms with Crippen LogP contribution in [0.4, 0.5) is 10.1 Å². The molecule has 0 spiro atoms. The summed E-state index contributed by atoms with van der Waals surface area (Å²) in [6.07, 6.45) is 0.168. The van der Waals surface area contributed by atoms with Gasteiger partial charge in [-0.05, 0) is 24.1 Å². The van der Waals surface area contributed by atoms with Gasteiger partial charge >= 0.3 is 0 Å². The van der Waals surface area contributed by atoms with E-state index >= 15 is 0 Å². The van der Waals surface area contributed by atoms with Gasteiger partial charge in [-0.3, -0.25) is 30.6 Å². The average Bonchev–Trinajstić information content (AvgIpc) is 2.59. The molecule has 8 heteroatoms. The number of carbonyl (C=O) groups excluding carboxylic acids is 2. The first-order valence-electron chi connectivity index (χ1n) is 7.04. The maximum absolute atomic E-state index is 13.4. The number of non-ortho nitro benzene ring substituents is 1. The fourth-order valence-electron chi connectivity index (χ4n) is 1.97. The highest BCUT2D eigenvalue weighted by molar-refractivity contribution is 5.95. The van der Waals surface area contributed by atoms with Gasteiger partial charge in [0.15, 0.2) is 0 Å². The first-order valence-corrected chi connectivity index (χ1v) is 7.04. The Kier molecular flexibility index (Phi) is 5.56. The van der Waals surface area contributed by atoms with Crippen LogP contribution >= 0.6 is 0 Å². The van der Waals surface area contributed by atoms with Gasteiger partial charge < -0.3 is 0 Å². The number of rotatable bonds is 5. The molecular weight excluding hydrogens is 317 g/mol. The van der Waals surface area contributed by atoms with Gasteiger partial charge in [-0.1, -0.05) is 24.3 Å². The molecule has 0 fully saturated rings. The third-order valence-electron chi connectivity index (χ3n) is 3.21. The molecule has 24 heavy (non-hydrogen) atoms. The molecule has 2 amide bonds. The van der Waals surface area contributed by atoms with Crippen molar-refractivity contribution in [1.29, 1.82) is 0 Å². The summed E-state index contributed by atoms with van der Waals surface area (Å²) in [5, 5.41) is 10.7. The minimum Gasteiger partial charge on any atom is -0.273 e. The number of nitro groups is 1. The smallest absolute Gasteiger partial charge is 0.270 e. The summed E-state index contributed by atoms with van der Waals surface area (Å²) in [5.41, 5.74) is 4.56. The molecule has 0 saturated carbocycles. The van der Waals surface area contributed by atoms with Crippen molar-refractivity contribution in [2.75, 3.05) is 0 Å². The Morgan fingerprint density at radius 2 is 1.83 bits per heavy atom. The molecule has 0 unspecified atom stereocenters. The zero-order chi connectivity index (χ0) is 17.5. The van der Waals surface area contributed by atoms with Gasteiger partial charge in [0.2, 0.25) is 5.91 Å². The van der Waals surface area contributed by atoms with E-state index < -0.39 is 22.6 Å². The Morgan fingerprint density at radius 3 is 2.54 bits per heavy atom. The molecule has 0 atom stereocenters. The fraction of sp³-hybridized carbons (Fsp3) is 0.125. The van der Waals surface area contributed by atoms with E-state index in [1.807, 2.05) is 0 Å². The maximum Gasteiger partial charge on any atom is 0.270 e. The highest BCUT2D eigenvalue weighted by atomic mass is 19.1. The van der Waals surface area contributed by atoms with Gasteiger partial charge in [-0.15, -0.1) is 0 Å². The second-order valence-corrected chi connectivity index (χ2v) is 4.90. The minimum atomic E-state index is -0.682. The number of aryl methyl sites for hydroxylation is 1. The molecule has 124 valence electrons. The number of hydrogen-bond donors (Lipinski definition) is 2. The highest BCUT2D eigenvalue weighted by Gasteiger charge is 2.12. The lowest BCUT2D eigenvalue weighted by Gasteiger charge is -2.07. The molecule has 0 heterocycles. The third kappa shape index (κ3) is 4.60. The molecule has 2 aromatic rings. The molecular formula is C16H14FN3O4. The summed E-state index contributed by atoms with van der Waals surface area (Å²) < 4.78 is 13.4. The number of nitrogens with zero attached hydrogens (tertiary/aromatic N) is 1. The molecule has 0 aliphatic heterocycles. The molecule has 0 aliphatic rings. The van der Waals surface area contributed by atoms with Crippen LogP contribution in [0.1, 0.15) is 22.3 Å². The predicted octanol–water partition coefficient (Wildman–Crippen LogP) is 2.13. The zero-order valence-corrected chi connectivity index (χ0v) is 12.5. The van der Waals surface area contributed by atoms with Crippen molar-refractivity contribution in [2.45, 2.75) is 12.8 Å². The van der Waals surface area contributed by atoms with Crippen LogP contribution < -0.4 is 10.9 Å². The van der Waals surface area contributed by atoms with Crippen LogP contribution in [0.25, 0.3) is 0 Å². The number of nitrogens with one attached hydrogen (secondary N) is 2. The van der Waals surface area contributed by atoms with Crippen molar-refractivity contribution < 1.29 is 18.9 Å². The van der Waals surface area contributed by atoms with Gasteiger partial charge in [0.25, 0.3) is 11.6 Å². The van der Waals surface area contributed by atoms with E-state index in [-0.39, 0.29) is 24.1 Å². The summed E-state index contributed by atoms with van der Waals surface area (Å²) in [7, 11) is 0. The molecule has 0 bridgehead atoms. The fourth-order valence-corrected chi connectivity index (χ4v) is 1.97. The Balaban J connectivity index is 1.85. The van der Waals surface area contributed by atoms with Crippen molar-refractivity contribution in [2.24, 2.45) is 0 Å². The number of hydrogen-bond acceptors (Lipinski definition) is 4. The lowest BCUT2D eigenvalue weighted by molar-refractivity contribution is -0.384. The quantitative estimate of drug-likeness (QED) is 0.647. The second kappa shape index (κ2) is 7.82. The van der Waals surface area contributed by atoms with Crippen molar-refractivity contribution >= 4 is 17.5 Å². The standard InChI is InChI=1S/C16H14FN3O4/c17-14-7-2-1-4-11(14)8-9-15(21)18-19-16(22)12-5-3-6-13(10-12)20(23)24/h1-7,10H,8-9H2,(H,18,21)(H,19,22). The van der Waals surface area contributed by atoms with Crippen molar-refractivity contribution in [1.82, 2.24) is 10.9 Å². The van der Waals surface area contributed by atoms with Crippen LogP contribution in [0.15, 0.2) is 48.5 Å². The van der Waals surface area contributed by atoms with Crippen molar-refractivity contribution in [3.05, 3.63) is 75.6 Å². The van der Waals surface area contributed by atoms with Gasteiger partial charge in [-0.2, -0.15) is 0 Å².